The van der Waals surface area contributed by atoms with Crippen LogP contribution in [0.25, 0.3) is 0 Å². The van der Waals surface area contributed by atoms with Gasteiger partial charge < -0.3 is 19.4 Å². The number of hydrogen-bond acceptors (Lipinski definition) is 7. The van der Waals surface area contributed by atoms with Crippen molar-refractivity contribution in [3.8, 4) is 0 Å². The van der Waals surface area contributed by atoms with Crippen LogP contribution in [0.3, 0.4) is 0 Å². The first-order chi connectivity index (χ1) is 10.6. The summed E-state index contributed by atoms with van der Waals surface area (Å²) in [5.74, 6) is 2.15. The molecule has 2 atom stereocenters. The van der Waals surface area contributed by atoms with Crippen molar-refractivity contribution in [2.45, 2.75) is 18.4 Å². The van der Waals surface area contributed by atoms with Crippen LogP contribution in [-0.2, 0) is 27.6 Å². The summed E-state index contributed by atoms with van der Waals surface area (Å²) < 4.78 is 5.54. The van der Waals surface area contributed by atoms with Gasteiger partial charge in [0.1, 0.15) is 36.5 Å². The molecule has 0 aromatic carbocycles. The van der Waals surface area contributed by atoms with Gasteiger partial charge in [0.05, 0.1) is 6.04 Å². The maximum atomic E-state index is 6.45. The normalized spacial score (nSPS) is 14.2. The second-order valence-electron chi connectivity index (χ2n) is 5.29. The van der Waals surface area contributed by atoms with Crippen molar-refractivity contribution in [3.63, 3.8) is 0 Å². The number of rotatable bonds is 5. The van der Waals surface area contributed by atoms with E-state index in [1.165, 1.54) is 0 Å². The van der Waals surface area contributed by atoms with Gasteiger partial charge in [0.15, 0.2) is 0 Å². The molecular formula is C12H18N10. The Labute approximate surface area is 127 Å². The van der Waals surface area contributed by atoms with Gasteiger partial charge in [0, 0.05) is 33.5 Å². The van der Waals surface area contributed by atoms with Crippen LogP contribution in [0.4, 0.5) is 0 Å². The van der Waals surface area contributed by atoms with Gasteiger partial charge in [-0.2, -0.15) is 0 Å². The van der Waals surface area contributed by atoms with Crippen molar-refractivity contribution in [3.05, 3.63) is 36.5 Å². The molecule has 2 unspecified atom stereocenters. The standard InChI is InChI=1S/C12H18N10/c1-20-5-14-17-9(20)4-8(11-18-15-6-21(11)2)10(13)12-19-16-7-22(12)3/h5-8,10H,4,13H2,1-3H3. The Hall–Kier alpha value is -2.62. The number of nitrogens with two attached hydrogens (primary N) is 1. The van der Waals surface area contributed by atoms with Gasteiger partial charge in [-0.1, -0.05) is 0 Å². The van der Waals surface area contributed by atoms with Crippen molar-refractivity contribution >= 4 is 0 Å². The molecule has 22 heavy (non-hydrogen) atoms. The third-order valence-electron chi connectivity index (χ3n) is 3.76. The number of aryl methyl sites for hydroxylation is 3. The fraction of sp³-hybridized carbons (Fsp3) is 0.500. The fourth-order valence-corrected chi connectivity index (χ4v) is 2.47. The van der Waals surface area contributed by atoms with E-state index in [1.807, 2.05) is 34.8 Å². The van der Waals surface area contributed by atoms with Crippen molar-refractivity contribution in [1.29, 1.82) is 0 Å². The van der Waals surface area contributed by atoms with Gasteiger partial charge in [-0.25, -0.2) is 0 Å². The predicted molar refractivity (Wildman–Crippen MR) is 76.4 cm³/mol. The van der Waals surface area contributed by atoms with Crippen LogP contribution < -0.4 is 5.73 Å². The molecular weight excluding hydrogens is 284 g/mol. The van der Waals surface area contributed by atoms with Crippen LogP contribution in [0.1, 0.15) is 29.4 Å². The lowest BCUT2D eigenvalue weighted by atomic mass is 9.94. The van der Waals surface area contributed by atoms with E-state index in [0.29, 0.717) is 12.2 Å². The third kappa shape index (κ3) is 2.48. The molecule has 0 saturated heterocycles. The SMILES string of the molecule is Cn1cnnc1CC(c1nncn1C)C(N)c1nncn1C. The zero-order valence-electron chi connectivity index (χ0n) is 12.7. The molecule has 0 aliphatic rings. The molecule has 3 aromatic rings. The zero-order chi connectivity index (χ0) is 15.7. The molecule has 0 spiro atoms. The Morgan fingerprint density at radius 3 is 1.91 bits per heavy atom. The largest absolute Gasteiger partial charge is 0.321 e. The number of hydrogen-bond donors (Lipinski definition) is 1. The molecule has 10 heteroatoms. The highest BCUT2D eigenvalue weighted by atomic mass is 15.3. The van der Waals surface area contributed by atoms with Crippen LogP contribution in [0.15, 0.2) is 19.0 Å². The van der Waals surface area contributed by atoms with E-state index in [0.717, 1.165) is 11.6 Å². The highest BCUT2D eigenvalue weighted by Gasteiger charge is 2.30. The Bertz CT molecular complexity index is 753. The van der Waals surface area contributed by atoms with Crippen molar-refractivity contribution in [2.75, 3.05) is 0 Å². The van der Waals surface area contributed by atoms with E-state index in [1.54, 1.807) is 19.0 Å². The highest BCUT2D eigenvalue weighted by molar-refractivity contribution is 5.11. The molecule has 0 amide bonds. The molecule has 0 radical (unpaired) electrons. The van der Waals surface area contributed by atoms with Gasteiger partial charge in [-0.15, -0.1) is 30.6 Å². The molecule has 2 N–H and O–H groups in total. The third-order valence-corrected chi connectivity index (χ3v) is 3.76. The fourth-order valence-electron chi connectivity index (χ4n) is 2.47. The average molecular weight is 302 g/mol. The van der Waals surface area contributed by atoms with Gasteiger partial charge in [-0.05, 0) is 0 Å². The molecule has 0 fully saturated rings. The molecule has 10 nitrogen and oxygen atoms in total. The van der Waals surface area contributed by atoms with Crippen LogP contribution in [0, 0.1) is 0 Å². The minimum Gasteiger partial charge on any atom is -0.321 e. The predicted octanol–water partition coefficient (Wildman–Crippen LogP) is -0.902. The highest BCUT2D eigenvalue weighted by Crippen LogP contribution is 2.29. The quantitative estimate of drug-likeness (QED) is 0.648. The lowest BCUT2D eigenvalue weighted by Crippen LogP contribution is -2.27. The Morgan fingerprint density at radius 1 is 0.864 bits per heavy atom. The molecule has 0 bridgehead atoms. The minimum absolute atomic E-state index is 0.140. The number of aromatic nitrogens is 9. The van der Waals surface area contributed by atoms with Crippen LogP contribution >= 0.6 is 0 Å². The van der Waals surface area contributed by atoms with Gasteiger partial charge in [0.2, 0.25) is 0 Å². The van der Waals surface area contributed by atoms with Crippen molar-refractivity contribution < 1.29 is 0 Å². The van der Waals surface area contributed by atoms with E-state index < -0.39 is 0 Å². The molecule has 0 aliphatic heterocycles. The van der Waals surface area contributed by atoms with Gasteiger partial charge >= 0.3 is 0 Å². The van der Waals surface area contributed by atoms with Crippen molar-refractivity contribution in [2.24, 2.45) is 26.9 Å². The lowest BCUT2D eigenvalue weighted by Gasteiger charge is -2.21. The van der Waals surface area contributed by atoms with E-state index >= 15 is 0 Å². The topological polar surface area (TPSA) is 118 Å². The monoisotopic (exact) mass is 302 g/mol. The first-order valence-electron chi connectivity index (χ1n) is 6.84. The molecule has 3 aromatic heterocycles. The molecule has 0 aliphatic carbocycles. The van der Waals surface area contributed by atoms with Gasteiger partial charge in [-0.3, -0.25) is 0 Å². The van der Waals surface area contributed by atoms with Crippen molar-refractivity contribution in [1.82, 2.24) is 44.3 Å². The maximum absolute atomic E-state index is 6.45. The maximum Gasteiger partial charge on any atom is 0.150 e. The zero-order valence-corrected chi connectivity index (χ0v) is 12.7. The van der Waals surface area contributed by atoms with E-state index in [4.69, 9.17) is 5.73 Å². The molecule has 3 rings (SSSR count). The second kappa shape index (κ2) is 5.64. The number of nitrogens with zero attached hydrogens (tertiary/aromatic N) is 9. The van der Waals surface area contributed by atoms with Crippen LogP contribution in [-0.4, -0.2) is 44.3 Å². The van der Waals surface area contributed by atoms with E-state index in [9.17, 15) is 0 Å². The Balaban J connectivity index is 1.98. The van der Waals surface area contributed by atoms with E-state index in [-0.39, 0.29) is 12.0 Å². The Kier molecular flexibility index (Phi) is 3.67. The summed E-state index contributed by atoms with van der Waals surface area (Å²) in [5, 5.41) is 24.2. The summed E-state index contributed by atoms with van der Waals surface area (Å²) >= 11 is 0. The smallest absolute Gasteiger partial charge is 0.150 e. The summed E-state index contributed by atoms with van der Waals surface area (Å²) in [5.41, 5.74) is 6.45. The molecule has 116 valence electrons. The first kappa shape index (κ1) is 14.3. The summed E-state index contributed by atoms with van der Waals surface area (Å²) in [4.78, 5) is 0. The summed E-state index contributed by atoms with van der Waals surface area (Å²) in [6.45, 7) is 0. The molecule has 0 saturated carbocycles. The molecule has 3 heterocycles. The summed E-state index contributed by atoms with van der Waals surface area (Å²) in [7, 11) is 5.66. The second-order valence-corrected chi connectivity index (χ2v) is 5.29. The first-order valence-corrected chi connectivity index (χ1v) is 6.84. The Morgan fingerprint density at radius 2 is 1.41 bits per heavy atom. The average Bonchev–Trinajstić information content (AvgIpc) is 3.19. The van der Waals surface area contributed by atoms with Crippen LogP contribution in [0.2, 0.25) is 0 Å². The lowest BCUT2D eigenvalue weighted by molar-refractivity contribution is 0.464. The minimum atomic E-state index is -0.382. The van der Waals surface area contributed by atoms with E-state index in [2.05, 4.69) is 30.6 Å². The summed E-state index contributed by atoms with van der Waals surface area (Å²) in [6.07, 6.45) is 5.53. The summed E-state index contributed by atoms with van der Waals surface area (Å²) in [6, 6.07) is -0.382. The van der Waals surface area contributed by atoms with Gasteiger partial charge in [0.25, 0.3) is 0 Å². The van der Waals surface area contributed by atoms with Crippen LogP contribution in [0.5, 0.6) is 0 Å².